The van der Waals surface area contributed by atoms with Gasteiger partial charge in [0, 0.05) is 32.1 Å². The van der Waals surface area contributed by atoms with E-state index in [4.69, 9.17) is 4.98 Å². The van der Waals surface area contributed by atoms with Crippen LogP contribution in [0.25, 0.3) is 22.2 Å². The van der Waals surface area contributed by atoms with Gasteiger partial charge in [-0.15, -0.1) is 0 Å². The van der Waals surface area contributed by atoms with Gasteiger partial charge in [-0.3, -0.25) is 23.6 Å². The Morgan fingerprint density at radius 1 is 1.05 bits per heavy atom. The van der Waals surface area contributed by atoms with E-state index < -0.39 is 6.04 Å². The number of para-hydroxylation sites is 1. The molecule has 1 amide bonds. The van der Waals surface area contributed by atoms with E-state index in [9.17, 15) is 14.4 Å². The zero-order valence-electron chi connectivity index (χ0n) is 22.6. The number of hydrogen-bond donors (Lipinski definition) is 1. The van der Waals surface area contributed by atoms with Gasteiger partial charge in [0.25, 0.3) is 11.5 Å². The van der Waals surface area contributed by atoms with E-state index in [1.54, 1.807) is 85.1 Å². The molecule has 4 heterocycles. The van der Waals surface area contributed by atoms with Crippen molar-refractivity contribution < 1.29 is 9.59 Å². The first kappa shape index (κ1) is 25.8. The fourth-order valence-electron chi connectivity index (χ4n) is 5.02. The molecule has 0 spiro atoms. The summed E-state index contributed by atoms with van der Waals surface area (Å²) in [6, 6.07) is 15.4. The Bertz CT molecular complexity index is 2010. The van der Waals surface area contributed by atoms with Crippen LogP contribution < -0.4 is 10.9 Å². The molecule has 11 heteroatoms. The monoisotopic (exact) mass is 546 g/mol. The SMILES string of the molecule is Cc1nn2cccnc2c1C(=O)N[C@@H](C)c1nc2cccc(CC(=O)c3cnn(C)c3)c2c(=O)n1-c1ccccc1. The molecule has 0 fully saturated rings. The lowest BCUT2D eigenvalue weighted by atomic mass is 10.0. The minimum absolute atomic E-state index is 0.0153. The van der Waals surface area contributed by atoms with Crippen LogP contribution in [0.3, 0.4) is 0 Å². The van der Waals surface area contributed by atoms with Crippen LogP contribution in [0.5, 0.6) is 0 Å². The van der Waals surface area contributed by atoms with Crippen molar-refractivity contribution in [3.63, 3.8) is 0 Å². The number of Topliss-reactive ketones (excluding diaryl/α,β-unsaturated/α-hetero) is 1. The summed E-state index contributed by atoms with van der Waals surface area (Å²) in [5.74, 6) is -0.188. The van der Waals surface area contributed by atoms with Gasteiger partial charge in [0.05, 0.1) is 40.1 Å². The minimum Gasteiger partial charge on any atom is -0.342 e. The van der Waals surface area contributed by atoms with Gasteiger partial charge in [-0.2, -0.15) is 10.2 Å². The highest BCUT2D eigenvalue weighted by Crippen LogP contribution is 2.22. The molecular weight excluding hydrogens is 520 g/mol. The predicted octanol–water partition coefficient (Wildman–Crippen LogP) is 3.39. The van der Waals surface area contributed by atoms with E-state index in [1.807, 2.05) is 18.2 Å². The van der Waals surface area contributed by atoms with Crippen LogP contribution in [-0.4, -0.2) is 45.6 Å². The Kier molecular flexibility index (Phi) is 6.46. The van der Waals surface area contributed by atoms with Gasteiger partial charge in [0.15, 0.2) is 11.4 Å². The van der Waals surface area contributed by atoms with Gasteiger partial charge >= 0.3 is 0 Å². The largest absolute Gasteiger partial charge is 0.342 e. The summed E-state index contributed by atoms with van der Waals surface area (Å²) in [6.07, 6.45) is 6.51. The van der Waals surface area contributed by atoms with E-state index in [0.717, 1.165) is 0 Å². The second kappa shape index (κ2) is 10.3. The van der Waals surface area contributed by atoms with Crippen LogP contribution in [-0.2, 0) is 13.5 Å². The lowest BCUT2D eigenvalue weighted by Crippen LogP contribution is -2.33. The Morgan fingerprint density at radius 3 is 2.61 bits per heavy atom. The summed E-state index contributed by atoms with van der Waals surface area (Å²) in [7, 11) is 1.74. The highest BCUT2D eigenvalue weighted by Gasteiger charge is 2.25. The molecule has 2 aromatic carbocycles. The Labute approximate surface area is 234 Å². The maximum Gasteiger partial charge on any atom is 0.266 e. The topological polar surface area (TPSA) is 129 Å². The summed E-state index contributed by atoms with van der Waals surface area (Å²) >= 11 is 0. The van der Waals surface area contributed by atoms with Crippen molar-refractivity contribution >= 4 is 28.2 Å². The molecule has 6 rings (SSSR count). The smallest absolute Gasteiger partial charge is 0.266 e. The van der Waals surface area contributed by atoms with Crippen molar-refractivity contribution in [2.75, 3.05) is 0 Å². The minimum atomic E-state index is -0.668. The number of carbonyl (C=O) groups excluding carboxylic acids is 2. The van der Waals surface area contributed by atoms with Crippen molar-refractivity contribution in [1.82, 2.24) is 39.2 Å². The number of carbonyl (C=O) groups is 2. The van der Waals surface area contributed by atoms with Crippen LogP contribution in [0.15, 0.2) is 84.2 Å². The standard InChI is InChI=1S/C30H26N8O3/c1-18-25(28-31-13-8-14-37(28)35-18)29(40)33-19(2)27-34-23-12-7-9-20(15-24(39)21-16-32-36(3)17-21)26(23)30(41)38(27)22-10-5-4-6-11-22/h4-14,16-17,19H,15H2,1-3H3,(H,33,40)/t19-/m0/s1. The molecule has 0 aliphatic carbocycles. The number of benzene rings is 2. The molecule has 0 radical (unpaired) electrons. The molecule has 41 heavy (non-hydrogen) atoms. The molecule has 1 atom stereocenters. The van der Waals surface area contributed by atoms with Crippen LogP contribution in [0.2, 0.25) is 0 Å². The third-order valence-electron chi connectivity index (χ3n) is 6.93. The predicted molar refractivity (Wildman–Crippen MR) is 152 cm³/mol. The van der Waals surface area contributed by atoms with Gasteiger partial charge in [-0.1, -0.05) is 30.3 Å². The van der Waals surface area contributed by atoms with Crippen LogP contribution in [0, 0.1) is 6.92 Å². The molecule has 6 aromatic rings. The molecule has 1 N–H and O–H groups in total. The highest BCUT2D eigenvalue weighted by molar-refractivity contribution is 6.01. The Morgan fingerprint density at radius 2 is 1.85 bits per heavy atom. The van der Waals surface area contributed by atoms with Gasteiger partial charge in [-0.05, 0) is 43.7 Å². The van der Waals surface area contributed by atoms with Crippen LogP contribution in [0.1, 0.15) is 50.8 Å². The second-order valence-corrected chi connectivity index (χ2v) is 9.80. The average Bonchev–Trinajstić information content (AvgIpc) is 3.55. The van der Waals surface area contributed by atoms with E-state index >= 15 is 0 Å². The lowest BCUT2D eigenvalue weighted by molar-refractivity contribution is 0.0937. The number of amides is 1. The number of nitrogens with one attached hydrogen (secondary N) is 1. The third-order valence-corrected chi connectivity index (χ3v) is 6.93. The van der Waals surface area contributed by atoms with E-state index in [0.29, 0.717) is 50.4 Å². The first-order valence-corrected chi connectivity index (χ1v) is 13.0. The third kappa shape index (κ3) is 4.67. The van der Waals surface area contributed by atoms with Crippen molar-refractivity contribution in [3.8, 4) is 5.69 Å². The number of fused-ring (bicyclic) bond motifs is 2. The maximum atomic E-state index is 14.2. The molecule has 0 aliphatic heterocycles. The van der Waals surface area contributed by atoms with Crippen molar-refractivity contribution in [1.29, 1.82) is 0 Å². The first-order chi connectivity index (χ1) is 19.8. The van der Waals surface area contributed by atoms with Crippen LogP contribution >= 0.6 is 0 Å². The summed E-state index contributed by atoms with van der Waals surface area (Å²) in [5, 5.41) is 11.8. The molecule has 0 unspecified atom stereocenters. The Hall–Kier alpha value is -5.45. The van der Waals surface area contributed by atoms with Gasteiger partial charge in [0.2, 0.25) is 0 Å². The number of rotatable bonds is 7. The summed E-state index contributed by atoms with van der Waals surface area (Å²) in [5.41, 5.74) is 3.03. The van der Waals surface area contributed by atoms with E-state index in [1.165, 1.54) is 10.8 Å². The number of nitrogens with zero attached hydrogens (tertiary/aromatic N) is 7. The van der Waals surface area contributed by atoms with Gasteiger partial charge in [-0.25, -0.2) is 14.5 Å². The summed E-state index contributed by atoms with van der Waals surface area (Å²) in [4.78, 5) is 49.9. The zero-order valence-corrected chi connectivity index (χ0v) is 22.6. The fraction of sp³-hybridized carbons (Fsp3) is 0.167. The lowest BCUT2D eigenvalue weighted by Gasteiger charge is -2.20. The summed E-state index contributed by atoms with van der Waals surface area (Å²) in [6.45, 7) is 3.52. The normalized spacial score (nSPS) is 12.1. The van der Waals surface area contributed by atoms with Crippen molar-refractivity contribution in [2.45, 2.75) is 26.3 Å². The molecule has 0 aliphatic rings. The van der Waals surface area contributed by atoms with Crippen LogP contribution in [0.4, 0.5) is 0 Å². The van der Waals surface area contributed by atoms with Gasteiger partial charge in [0.1, 0.15) is 11.4 Å². The fourth-order valence-corrected chi connectivity index (χ4v) is 5.02. The molecule has 11 nitrogen and oxygen atoms in total. The molecular formula is C30H26N8O3. The van der Waals surface area contributed by atoms with E-state index in [2.05, 4.69) is 20.5 Å². The summed E-state index contributed by atoms with van der Waals surface area (Å²) < 4.78 is 4.61. The average molecular weight is 547 g/mol. The Balaban J connectivity index is 1.45. The molecule has 0 saturated heterocycles. The number of aryl methyl sites for hydroxylation is 2. The van der Waals surface area contributed by atoms with Crippen molar-refractivity contribution in [2.24, 2.45) is 7.05 Å². The molecule has 0 saturated carbocycles. The quantitative estimate of drug-likeness (QED) is 0.304. The molecule has 204 valence electrons. The first-order valence-electron chi connectivity index (χ1n) is 13.0. The number of hydrogen-bond acceptors (Lipinski definition) is 7. The highest BCUT2D eigenvalue weighted by atomic mass is 16.2. The second-order valence-electron chi connectivity index (χ2n) is 9.80. The molecule has 0 bridgehead atoms. The molecule has 4 aromatic heterocycles. The number of aromatic nitrogens is 7. The maximum absolute atomic E-state index is 14.2. The van der Waals surface area contributed by atoms with Crippen molar-refractivity contribution in [3.05, 3.63) is 118 Å². The zero-order chi connectivity index (χ0) is 28.7. The van der Waals surface area contributed by atoms with Gasteiger partial charge < -0.3 is 5.32 Å². The number of ketones is 1. The van der Waals surface area contributed by atoms with E-state index in [-0.39, 0.29) is 23.7 Å².